The van der Waals surface area contributed by atoms with Crippen LogP contribution in [0.4, 0.5) is 5.69 Å². The molecule has 0 aliphatic rings. The molecule has 0 spiro atoms. The monoisotopic (exact) mass is 346 g/mol. The fraction of sp³-hybridized carbons (Fsp3) is 0.235. The van der Waals surface area contributed by atoms with Gasteiger partial charge in [-0.3, -0.25) is 4.79 Å². The molecule has 2 aromatic carbocycles. The molecule has 1 atom stereocenters. The highest BCUT2D eigenvalue weighted by Crippen LogP contribution is 2.22. The van der Waals surface area contributed by atoms with Gasteiger partial charge in [0.15, 0.2) is 0 Å². The van der Waals surface area contributed by atoms with E-state index in [-0.39, 0.29) is 11.9 Å². The molecule has 3 N–H and O–H groups in total. The lowest BCUT2D eigenvalue weighted by atomic mass is 10.00. The molecule has 21 heavy (non-hydrogen) atoms. The van der Waals surface area contributed by atoms with Crippen LogP contribution in [-0.2, 0) is 0 Å². The van der Waals surface area contributed by atoms with Crippen molar-refractivity contribution in [2.24, 2.45) is 0 Å². The van der Waals surface area contributed by atoms with Crippen molar-refractivity contribution in [3.05, 3.63) is 63.1 Å². The third-order valence-corrected chi connectivity index (χ3v) is 4.22. The van der Waals surface area contributed by atoms with Gasteiger partial charge in [-0.15, -0.1) is 0 Å². The lowest BCUT2D eigenvalue weighted by molar-refractivity contribution is 0.0940. The standard InChI is InChI=1S/C17H19BrN2O/c1-10-4-6-14(11(2)8-10)12(3)20-17(21)13-5-7-15(18)16(19)9-13/h4-9,12H,19H2,1-3H3,(H,20,21). The second-order valence-corrected chi connectivity index (χ2v) is 6.15. The molecule has 0 saturated carbocycles. The van der Waals surface area contributed by atoms with Gasteiger partial charge in [-0.2, -0.15) is 0 Å². The normalized spacial score (nSPS) is 12.0. The summed E-state index contributed by atoms with van der Waals surface area (Å²) in [6.07, 6.45) is 0. The molecule has 0 saturated heterocycles. The van der Waals surface area contributed by atoms with Crippen LogP contribution in [0.3, 0.4) is 0 Å². The number of carbonyl (C=O) groups excluding carboxylic acids is 1. The van der Waals surface area contributed by atoms with E-state index in [2.05, 4.69) is 53.3 Å². The van der Waals surface area contributed by atoms with Crippen LogP contribution in [0, 0.1) is 13.8 Å². The van der Waals surface area contributed by atoms with Gasteiger partial charge in [0.1, 0.15) is 0 Å². The highest BCUT2D eigenvalue weighted by Gasteiger charge is 2.14. The molecule has 0 radical (unpaired) electrons. The number of halogens is 1. The number of hydrogen-bond donors (Lipinski definition) is 2. The second-order valence-electron chi connectivity index (χ2n) is 5.29. The van der Waals surface area contributed by atoms with Gasteiger partial charge in [0.25, 0.3) is 5.91 Å². The number of nitrogen functional groups attached to an aromatic ring is 1. The Labute approximate surface area is 133 Å². The summed E-state index contributed by atoms with van der Waals surface area (Å²) in [4.78, 5) is 12.3. The summed E-state index contributed by atoms with van der Waals surface area (Å²) in [5.41, 5.74) is 10.5. The van der Waals surface area contributed by atoms with E-state index in [1.807, 2.05) is 6.92 Å². The maximum absolute atomic E-state index is 12.3. The minimum absolute atomic E-state index is 0.0528. The summed E-state index contributed by atoms with van der Waals surface area (Å²) in [5.74, 6) is -0.123. The van der Waals surface area contributed by atoms with Crippen LogP contribution in [0.2, 0.25) is 0 Å². The van der Waals surface area contributed by atoms with Crippen molar-refractivity contribution in [2.75, 3.05) is 5.73 Å². The van der Waals surface area contributed by atoms with Gasteiger partial charge in [-0.1, -0.05) is 23.8 Å². The molecule has 2 rings (SSSR count). The fourth-order valence-corrected chi connectivity index (χ4v) is 2.60. The summed E-state index contributed by atoms with van der Waals surface area (Å²) in [7, 11) is 0. The van der Waals surface area contributed by atoms with Gasteiger partial charge in [-0.05, 0) is 66.0 Å². The Morgan fingerprint density at radius 2 is 1.90 bits per heavy atom. The molecule has 0 fully saturated rings. The number of aryl methyl sites for hydroxylation is 2. The summed E-state index contributed by atoms with van der Waals surface area (Å²) in [6, 6.07) is 11.4. The lowest BCUT2D eigenvalue weighted by Gasteiger charge is -2.17. The Balaban J connectivity index is 2.16. The summed E-state index contributed by atoms with van der Waals surface area (Å²) < 4.78 is 0.793. The number of nitrogens with two attached hydrogens (primary N) is 1. The third kappa shape index (κ3) is 3.64. The van der Waals surface area contributed by atoms with Crippen LogP contribution in [0.15, 0.2) is 40.9 Å². The summed E-state index contributed by atoms with van der Waals surface area (Å²) in [5, 5.41) is 3.01. The van der Waals surface area contributed by atoms with E-state index >= 15 is 0 Å². The van der Waals surface area contributed by atoms with Crippen molar-refractivity contribution in [3.8, 4) is 0 Å². The molecule has 0 aliphatic carbocycles. The van der Waals surface area contributed by atoms with Gasteiger partial charge in [0, 0.05) is 15.7 Å². The SMILES string of the molecule is Cc1ccc(C(C)NC(=O)c2ccc(Br)c(N)c2)c(C)c1. The number of hydrogen-bond acceptors (Lipinski definition) is 2. The largest absolute Gasteiger partial charge is 0.398 e. The van der Waals surface area contributed by atoms with Gasteiger partial charge in [0.05, 0.1) is 6.04 Å². The molecule has 110 valence electrons. The van der Waals surface area contributed by atoms with Crippen molar-refractivity contribution in [2.45, 2.75) is 26.8 Å². The highest BCUT2D eigenvalue weighted by atomic mass is 79.9. The Kier molecular flexibility index (Phi) is 4.68. The predicted molar refractivity (Wildman–Crippen MR) is 90.4 cm³/mol. The highest BCUT2D eigenvalue weighted by molar-refractivity contribution is 9.10. The minimum atomic E-state index is -0.123. The van der Waals surface area contributed by atoms with Crippen molar-refractivity contribution >= 4 is 27.5 Å². The van der Waals surface area contributed by atoms with Crippen LogP contribution in [0.25, 0.3) is 0 Å². The van der Waals surface area contributed by atoms with E-state index in [4.69, 9.17) is 5.73 Å². The predicted octanol–water partition coefficient (Wildman–Crippen LogP) is 4.14. The van der Waals surface area contributed by atoms with Crippen LogP contribution in [0.5, 0.6) is 0 Å². The van der Waals surface area contributed by atoms with Crippen molar-refractivity contribution in [1.82, 2.24) is 5.32 Å². The van der Waals surface area contributed by atoms with Crippen LogP contribution < -0.4 is 11.1 Å². The first-order valence-corrected chi connectivity index (χ1v) is 7.61. The number of nitrogens with one attached hydrogen (secondary N) is 1. The summed E-state index contributed by atoms with van der Waals surface area (Å²) >= 11 is 3.33. The first-order valence-electron chi connectivity index (χ1n) is 6.81. The van der Waals surface area contributed by atoms with Gasteiger partial charge >= 0.3 is 0 Å². The zero-order valence-electron chi connectivity index (χ0n) is 12.4. The van der Waals surface area contributed by atoms with Crippen LogP contribution >= 0.6 is 15.9 Å². The van der Waals surface area contributed by atoms with E-state index < -0.39 is 0 Å². The van der Waals surface area contributed by atoms with Gasteiger partial charge in [-0.25, -0.2) is 0 Å². The first kappa shape index (κ1) is 15.6. The zero-order chi connectivity index (χ0) is 15.6. The quantitative estimate of drug-likeness (QED) is 0.820. The number of rotatable bonds is 3. The molecule has 0 heterocycles. The lowest BCUT2D eigenvalue weighted by Crippen LogP contribution is -2.27. The first-order chi connectivity index (χ1) is 9.88. The van der Waals surface area contributed by atoms with Gasteiger partial charge < -0.3 is 11.1 Å². The molecular formula is C17H19BrN2O. The maximum atomic E-state index is 12.3. The second kappa shape index (κ2) is 6.31. The van der Waals surface area contributed by atoms with E-state index in [9.17, 15) is 4.79 Å². The average molecular weight is 347 g/mol. The molecule has 0 bridgehead atoms. The van der Waals surface area contributed by atoms with E-state index in [1.54, 1.807) is 18.2 Å². The number of benzene rings is 2. The molecule has 2 aromatic rings. The minimum Gasteiger partial charge on any atom is -0.398 e. The van der Waals surface area contributed by atoms with E-state index in [1.165, 1.54) is 11.1 Å². The average Bonchev–Trinajstić information content (AvgIpc) is 2.41. The topological polar surface area (TPSA) is 55.1 Å². The van der Waals surface area contributed by atoms with Crippen LogP contribution in [0.1, 0.15) is 40.0 Å². The third-order valence-electron chi connectivity index (χ3n) is 3.50. The number of anilines is 1. The maximum Gasteiger partial charge on any atom is 0.251 e. The Morgan fingerprint density at radius 3 is 2.52 bits per heavy atom. The fourth-order valence-electron chi connectivity index (χ4n) is 2.35. The smallest absolute Gasteiger partial charge is 0.251 e. The molecular weight excluding hydrogens is 328 g/mol. The Hall–Kier alpha value is -1.81. The Bertz CT molecular complexity index is 682. The van der Waals surface area contributed by atoms with E-state index in [0.29, 0.717) is 11.3 Å². The molecule has 0 aliphatic heterocycles. The van der Waals surface area contributed by atoms with Crippen molar-refractivity contribution in [1.29, 1.82) is 0 Å². The van der Waals surface area contributed by atoms with Crippen molar-refractivity contribution < 1.29 is 4.79 Å². The number of carbonyl (C=O) groups is 1. The zero-order valence-corrected chi connectivity index (χ0v) is 14.0. The number of amides is 1. The molecule has 1 amide bonds. The molecule has 1 unspecified atom stereocenters. The van der Waals surface area contributed by atoms with E-state index in [0.717, 1.165) is 10.0 Å². The van der Waals surface area contributed by atoms with Crippen molar-refractivity contribution in [3.63, 3.8) is 0 Å². The Morgan fingerprint density at radius 1 is 1.19 bits per heavy atom. The molecule has 3 nitrogen and oxygen atoms in total. The van der Waals surface area contributed by atoms with Crippen LogP contribution in [-0.4, -0.2) is 5.91 Å². The summed E-state index contributed by atoms with van der Waals surface area (Å²) in [6.45, 7) is 6.10. The molecule has 4 heteroatoms. The molecule has 0 aromatic heterocycles. The van der Waals surface area contributed by atoms with Gasteiger partial charge in [0.2, 0.25) is 0 Å².